The fourth-order valence-electron chi connectivity index (χ4n) is 1.57. The average molecular weight is 228 g/mol. The second-order valence-electron chi connectivity index (χ2n) is 3.91. The molecule has 0 heterocycles. The van der Waals surface area contributed by atoms with Crippen LogP contribution in [0.3, 0.4) is 0 Å². The predicted molar refractivity (Wildman–Crippen MR) is 64.7 cm³/mol. The first kappa shape index (κ1) is 12.3. The van der Waals surface area contributed by atoms with Crippen LogP contribution < -0.4 is 4.74 Å². The molecule has 15 heavy (non-hydrogen) atoms. The Bertz CT molecular complexity index is 350. The summed E-state index contributed by atoms with van der Waals surface area (Å²) in [6, 6.07) is 4.00. The number of rotatable bonds is 3. The molecule has 0 radical (unpaired) electrons. The van der Waals surface area contributed by atoms with E-state index in [1.807, 2.05) is 31.1 Å². The van der Waals surface area contributed by atoms with Gasteiger partial charge in [-0.05, 0) is 50.7 Å². The van der Waals surface area contributed by atoms with E-state index in [0.29, 0.717) is 0 Å². The Morgan fingerprint density at radius 3 is 2.27 bits per heavy atom. The molecule has 0 aliphatic heterocycles. The van der Waals surface area contributed by atoms with Gasteiger partial charge in [0, 0.05) is 0 Å². The molecule has 1 unspecified atom stereocenters. The minimum Gasteiger partial charge on any atom is -0.496 e. The summed E-state index contributed by atoms with van der Waals surface area (Å²) in [5.74, 6) is 0.916. The van der Waals surface area contributed by atoms with Gasteiger partial charge < -0.3 is 4.74 Å². The number of benzene rings is 1. The minimum absolute atomic E-state index is 0.0883. The fourth-order valence-corrected chi connectivity index (χ4v) is 1.81. The van der Waals surface area contributed by atoms with Crippen molar-refractivity contribution in [3.63, 3.8) is 0 Å². The molecule has 0 aliphatic carbocycles. The number of hydrogen-bond donors (Lipinski definition) is 0. The number of hydrogen-bond acceptors (Lipinski definition) is 2. The molecule has 1 rings (SSSR count). The van der Waals surface area contributed by atoms with Crippen molar-refractivity contribution < 1.29 is 4.74 Å². The Balaban J connectivity index is 3.17. The number of ether oxygens (including phenoxy) is 1. The topological polar surface area (TPSA) is 12.5 Å². The monoisotopic (exact) mass is 227 g/mol. The van der Waals surface area contributed by atoms with E-state index >= 15 is 0 Å². The Kier molecular flexibility index (Phi) is 4.00. The molecule has 84 valence electrons. The fraction of sp³-hybridized carbons (Fsp3) is 0.500. The van der Waals surface area contributed by atoms with Gasteiger partial charge in [0.05, 0.1) is 7.11 Å². The molecule has 0 saturated carbocycles. The van der Waals surface area contributed by atoms with Crippen LogP contribution in [0.1, 0.15) is 22.2 Å². The maximum Gasteiger partial charge on any atom is 0.122 e. The highest BCUT2D eigenvalue weighted by Crippen LogP contribution is 2.31. The number of alkyl halides is 1. The van der Waals surface area contributed by atoms with E-state index < -0.39 is 0 Å². The van der Waals surface area contributed by atoms with E-state index in [4.69, 9.17) is 16.3 Å². The summed E-state index contributed by atoms with van der Waals surface area (Å²) < 4.78 is 5.26. The van der Waals surface area contributed by atoms with Crippen LogP contribution in [-0.2, 0) is 0 Å². The Morgan fingerprint density at radius 1 is 1.20 bits per heavy atom. The smallest absolute Gasteiger partial charge is 0.122 e. The van der Waals surface area contributed by atoms with E-state index in [9.17, 15) is 0 Å². The zero-order valence-corrected chi connectivity index (χ0v) is 10.7. The van der Waals surface area contributed by atoms with E-state index in [2.05, 4.69) is 13.8 Å². The summed E-state index contributed by atoms with van der Waals surface area (Å²) in [5, 5.41) is 0. The van der Waals surface area contributed by atoms with Crippen LogP contribution in [0.25, 0.3) is 0 Å². The number of methoxy groups -OCH3 is 1. The highest BCUT2D eigenvalue weighted by atomic mass is 35.5. The molecule has 0 spiro atoms. The standard InChI is InChI=1S/C12H18ClNO/c1-8-9(2)11(15-5)7-6-10(8)12(13)14(3)4/h6-7,12H,1-5H3. The zero-order valence-electron chi connectivity index (χ0n) is 9.97. The van der Waals surface area contributed by atoms with Crippen molar-refractivity contribution in [2.24, 2.45) is 0 Å². The highest BCUT2D eigenvalue weighted by molar-refractivity contribution is 6.20. The van der Waals surface area contributed by atoms with E-state index in [1.54, 1.807) is 7.11 Å². The lowest BCUT2D eigenvalue weighted by Gasteiger charge is -2.21. The van der Waals surface area contributed by atoms with Gasteiger partial charge in [0.1, 0.15) is 11.3 Å². The largest absolute Gasteiger partial charge is 0.496 e. The van der Waals surface area contributed by atoms with E-state index in [-0.39, 0.29) is 5.50 Å². The molecule has 0 saturated heterocycles. The van der Waals surface area contributed by atoms with Gasteiger partial charge in [0.15, 0.2) is 0 Å². The van der Waals surface area contributed by atoms with Crippen LogP contribution in [0.2, 0.25) is 0 Å². The van der Waals surface area contributed by atoms with Gasteiger partial charge in [-0.1, -0.05) is 6.07 Å². The van der Waals surface area contributed by atoms with Crippen molar-refractivity contribution in [3.8, 4) is 5.75 Å². The van der Waals surface area contributed by atoms with Crippen LogP contribution in [0, 0.1) is 13.8 Å². The van der Waals surface area contributed by atoms with Crippen LogP contribution in [-0.4, -0.2) is 26.1 Å². The summed E-state index contributed by atoms with van der Waals surface area (Å²) in [5.41, 5.74) is 3.40. The van der Waals surface area contributed by atoms with Gasteiger partial charge >= 0.3 is 0 Å². The normalized spacial score (nSPS) is 13.0. The van der Waals surface area contributed by atoms with Crippen LogP contribution in [0.5, 0.6) is 5.75 Å². The third-order valence-electron chi connectivity index (χ3n) is 2.71. The molecule has 1 aromatic rings. The number of halogens is 1. The summed E-state index contributed by atoms with van der Waals surface area (Å²) in [4.78, 5) is 1.98. The predicted octanol–water partition coefficient (Wildman–Crippen LogP) is 3.11. The molecule has 0 aliphatic rings. The molecule has 1 atom stereocenters. The third-order valence-corrected chi connectivity index (χ3v) is 3.33. The van der Waals surface area contributed by atoms with Gasteiger partial charge in [0.2, 0.25) is 0 Å². The van der Waals surface area contributed by atoms with Crippen LogP contribution in [0.15, 0.2) is 12.1 Å². The third kappa shape index (κ3) is 2.44. The maximum absolute atomic E-state index is 6.30. The van der Waals surface area contributed by atoms with Gasteiger partial charge in [-0.2, -0.15) is 0 Å². The first-order valence-corrected chi connectivity index (χ1v) is 5.37. The number of nitrogens with zero attached hydrogens (tertiary/aromatic N) is 1. The summed E-state index contributed by atoms with van der Waals surface area (Å²) >= 11 is 6.30. The first-order valence-electron chi connectivity index (χ1n) is 4.93. The van der Waals surface area contributed by atoms with Crippen molar-refractivity contribution in [2.45, 2.75) is 19.3 Å². The Labute approximate surface area is 96.8 Å². The average Bonchev–Trinajstić information content (AvgIpc) is 2.21. The summed E-state index contributed by atoms with van der Waals surface area (Å²) in [6.07, 6.45) is 0. The van der Waals surface area contributed by atoms with Crippen LogP contribution >= 0.6 is 11.6 Å². The molecule has 0 amide bonds. The molecule has 2 nitrogen and oxygen atoms in total. The van der Waals surface area contributed by atoms with Gasteiger partial charge in [-0.15, -0.1) is 11.6 Å². The van der Waals surface area contributed by atoms with Crippen molar-refractivity contribution in [2.75, 3.05) is 21.2 Å². The molecule has 3 heteroatoms. The molecule has 0 aromatic heterocycles. The lowest BCUT2D eigenvalue weighted by molar-refractivity contribution is 0.381. The van der Waals surface area contributed by atoms with Crippen molar-refractivity contribution in [3.05, 3.63) is 28.8 Å². The van der Waals surface area contributed by atoms with Crippen molar-refractivity contribution in [1.82, 2.24) is 4.90 Å². The second kappa shape index (κ2) is 4.86. The van der Waals surface area contributed by atoms with Gasteiger partial charge in [-0.25, -0.2) is 0 Å². The molecule has 0 fully saturated rings. The Hall–Kier alpha value is -0.730. The minimum atomic E-state index is -0.0883. The molecular weight excluding hydrogens is 210 g/mol. The zero-order chi connectivity index (χ0) is 11.6. The molecular formula is C12H18ClNO. The van der Waals surface area contributed by atoms with Crippen molar-refractivity contribution in [1.29, 1.82) is 0 Å². The van der Waals surface area contributed by atoms with Crippen LogP contribution in [0.4, 0.5) is 0 Å². The lowest BCUT2D eigenvalue weighted by atomic mass is 10.0. The SMILES string of the molecule is COc1ccc(C(Cl)N(C)C)c(C)c1C. The second-order valence-corrected chi connectivity index (χ2v) is 4.32. The Morgan fingerprint density at radius 2 is 1.80 bits per heavy atom. The highest BCUT2D eigenvalue weighted by Gasteiger charge is 2.15. The van der Waals surface area contributed by atoms with Crippen molar-refractivity contribution >= 4 is 11.6 Å². The van der Waals surface area contributed by atoms with E-state index in [1.165, 1.54) is 5.56 Å². The van der Waals surface area contributed by atoms with Gasteiger partial charge in [-0.3, -0.25) is 4.90 Å². The molecule has 0 bridgehead atoms. The summed E-state index contributed by atoms with van der Waals surface area (Å²) in [7, 11) is 5.62. The maximum atomic E-state index is 6.30. The lowest BCUT2D eigenvalue weighted by Crippen LogP contribution is -2.16. The molecule has 1 aromatic carbocycles. The molecule has 0 N–H and O–H groups in total. The van der Waals surface area contributed by atoms with Gasteiger partial charge in [0.25, 0.3) is 0 Å². The summed E-state index contributed by atoms with van der Waals surface area (Å²) in [6.45, 7) is 4.13. The first-order chi connectivity index (χ1) is 6.99. The van der Waals surface area contributed by atoms with E-state index in [0.717, 1.165) is 16.9 Å². The quantitative estimate of drug-likeness (QED) is 0.581.